The number of carbonyl (C=O) groups is 2. The highest BCUT2D eigenvalue weighted by atomic mass is 19.4. The summed E-state index contributed by atoms with van der Waals surface area (Å²) in [6.07, 6.45) is -5.03. The smallest absolute Gasteiger partial charge is 0.417 e. The molecule has 0 aliphatic heterocycles. The topological polar surface area (TPSA) is 66.4 Å². The van der Waals surface area contributed by atoms with Gasteiger partial charge in [0.2, 0.25) is 0 Å². The van der Waals surface area contributed by atoms with Crippen LogP contribution in [0.5, 0.6) is 0 Å². The third-order valence-electron chi connectivity index (χ3n) is 3.41. The van der Waals surface area contributed by atoms with E-state index in [2.05, 4.69) is 5.32 Å². The molecule has 1 amide bonds. The molecule has 2 rings (SSSR count). The van der Waals surface area contributed by atoms with Crippen molar-refractivity contribution in [2.45, 2.75) is 18.6 Å². The first kappa shape index (κ1) is 18.4. The fourth-order valence-electron chi connectivity index (χ4n) is 2.26. The SMILES string of the molecule is O=C(N[C@H](Cc1cccc(F)c1)C(=O)O)c1ccccc1C(F)(F)F. The van der Waals surface area contributed by atoms with Crippen LogP contribution in [0.4, 0.5) is 17.6 Å². The second-order valence-corrected chi connectivity index (χ2v) is 5.24. The first-order valence-electron chi connectivity index (χ1n) is 7.13. The maximum Gasteiger partial charge on any atom is 0.417 e. The van der Waals surface area contributed by atoms with Gasteiger partial charge in [0.1, 0.15) is 11.9 Å². The first-order valence-corrected chi connectivity index (χ1v) is 7.13. The average Bonchev–Trinajstić information content (AvgIpc) is 2.53. The van der Waals surface area contributed by atoms with E-state index in [0.29, 0.717) is 0 Å². The molecule has 8 heteroatoms. The molecule has 2 aromatic rings. The van der Waals surface area contributed by atoms with Crippen molar-refractivity contribution in [3.63, 3.8) is 0 Å². The van der Waals surface area contributed by atoms with Crippen LogP contribution in [-0.2, 0) is 17.4 Å². The number of halogens is 4. The van der Waals surface area contributed by atoms with Crippen LogP contribution >= 0.6 is 0 Å². The van der Waals surface area contributed by atoms with E-state index in [-0.39, 0.29) is 12.0 Å². The van der Waals surface area contributed by atoms with Crippen molar-refractivity contribution in [2.75, 3.05) is 0 Å². The highest BCUT2D eigenvalue weighted by Gasteiger charge is 2.35. The minimum Gasteiger partial charge on any atom is -0.480 e. The molecular formula is C17H13F4NO3. The molecule has 0 radical (unpaired) electrons. The largest absolute Gasteiger partial charge is 0.480 e. The summed E-state index contributed by atoms with van der Waals surface area (Å²) < 4.78 is 52.0. The summed E-state index contributed by atoms with van der Waals surface area (Å²) in [7, 11) is 0. The summed E-state index contributed by atoms with van der Waals surface area (Å²) in [4.78, 5) is 23.4. The maximum atomic E-state index is 13.2. The zero-order valence-corrected chi connectivity index (χ0v) is 12.7. The Morgan fingerprint density at radius 3 is 2.36 bits per heavy atom. The number of amides is 1. The van der Waals surface area contributed by atoms with Gasteiger partial charge >= 0.3 is 12.1 Å². The molecule has 0 aliphatic carbocycles. The molecule has 0 aliphatic rings. The predicted octanol–water partition coefficient (Wildman–Crippen LogP) is 3.27. The lowest BCUT2D eigenvalue weighted by Gasteiger charge is -2.17. The van der Waals surface area contributed by atoms with Gasteiger partial charge in [-0.05, 0) is 29.8 Å². The molecule has 25 heavy (non-hydrogen) atoms. The Hall–Kier alpha value is -2.90. The van der Waals surface area contributed by atoms with Crippen LogP contribution in [0.1, 0.15) is 21.5 Å². The van der Waals surface area contributed by atoms with Crippen molar-refractivity contribution in [1.82, 2.24) is 5.32 Å². The molecule has 2 aromatic carbocycles. The fourth-order valence-corrected chi connectivity index (χ4v) is 2.26. The Morgan fingerprint density at radius 2 is 1.76 bits per heavy atom. The molecule has 0 heterocycles. The van der Waals surface area contributed by atoms with Gasteiger partial charge in [-0.25, -0.2) is 9.18 Å². The van der Waals surface area contributed by atoms with Crippen molar-refractivity contribution < 1.29 is 32.3 Å². The molecule has 0 saturated heterocycles. The van der Waals surface area contributed by atoms with Gasteiger partial charge in [0.15, 0.2) is 0 Å². The number of aliphatic carboxylic acids is 1. The van der Waals surface area contributed by atoms with Gasteiger partial charge in [-0.2, -0.15) is 13.2 Å². The van der Waals surface area contributed by atoms with E-state index in [4.69, 9.17) is 0 Å². The lowest BCUT2D eigenvalue weighted by Crippen LogP contribution is -2.42. The number of carbonyl (C=O) groups excluding carboxylic acids is 1. The summed E-state index contributed by atoms with van der Waals surface area (Å²) in [6.45, 7) is 0. The van der Waals surface area contributed by atoms with E-state index in [1.54, 1.807) is 0 Å². The molecular weight excluding hydrogens is 342 g/mol. The van der Waals surface area contributed by atoms with Gasteiger partial charge in [0.05, 0.1) is 11.1 Å². The normalized spacial score (nSPS) is 12.5. The number of carboxylic acid groups (broad SMARTS) is 1. The molecule has 0 aromatic heterocycles. The monoisotopic (exact) mass is 355 g/mol. The number of rotatable bonds is 5. The van der Waals surface area contributed by atoms with E-state index < -0.39 is 41.0 Å². The Balaban J connectivity index is 2.23. The van der Waals surface area contributed by atoms with Gasteiger partial charge in [-0.1, -0.05) is 24.3 Å². The van der Waals surface area contributed by atoms with E-state index >= 15 is 0 Å². The van der Waals surface area contributed by atoms with Crippen LogP contribution in [0.15, 0.2) is 48.5 Å². The first-order chi connectivity index (χ1) is 11.7. The Labute approximate surface area is 140 Å². The fraction of sp³-hybridized carbons (Fsp3) is 0.176. The second kappa shape index (κ2) is 7.33. The summed E-state index contributed by atoms with van der Waals surface area (Å²) in [5.41, 5.74) is -1.56. The van der Waals surface area contributed by atoms with Crippen molar-refractivity contribution >= 4 is 11.9 Å². The van der Waals surface area contributed by atoms with Crippen molar-refractivity contribution in [3.8, 4) is 0 Å². The van der Waals surface area contributed by atoms with Gasteiger partial charge < -0.3 is 10.4 Å². The summed E-state index contributed by atoms with van der Waals surface area (Å²) in [6, 6.07) is 7.63. The number of hydrogen-bond donors (Lipinski definition) is 2. The van der Waals surface area contributed by atoms with Crippen LogP contribution in [0.25, 0.3) is 0 Å². The summed E-state index contributed by atoms with van der Waals surface area (Å²) in [5, 5.41) is 11.3. The van der Waals surface area contributed by atoms with E-state index in [1.165, 1.54) is 18.2 Å². The van der Waals surface area contributed by atoms with Crippen molar-refractivity contribution in [2.24, 2.45) is 0 Å². The van der Waals surface area contributed by atoms with Gasteiger partial charge in [0.25, 0.3) is 5.91 Å². The van der Waals surface area contributed by atoms with E-state index in [0.717, 1.165) is 30.3 Å². The van der Waals surface area contributed by atoms with Crippen LogP contribution in [-0.4, -0.2) is 23.0 Å². The van der Waals surface area contributed by atoms with Gasteiger partial charge in [0, 0.05) is 6.42 Å². The molecule has 132 valence electrons. The maximum absolute atomic E-state index is 13.2. The van der Waals surface area contributed by atoms with E-state index in [9.17, 15) is 32.3 Å². The lowest BCUT2D eigenvalue weighted by molar-refractivity contribution is -0.139. The van der Waals surface area contributed by atoms with Crippen LogP contribution in [0, 0.1) is 5.82 Å². The summed E-state index contributed by atoms with van der Waals surface area (Å²) >= 11 is 0. The minimum atomic E-state index is -4.75. The van der Waals surface area contributed by atoms with E-state index in [1.807, 2.05) is 0 Å². The Bertz CT molecular complexity index is 789. The van der Waals surface area contributed by atoms with Gasteiger partial charge in [-0.3, -0.25) is 4.79 Å². The van der Waals surface area contributed by atoms with Crippen LogP contribution in [0.3, 0.4) is 0 Å². The Morgan fingerprint density at radius 1 is 1.08 bits per heavy atom. The van der Waals surface area contributed by atoms with Crippen LogP contribution < -0.4 is 5.32 Å². The lowest BCUT2D eigenvalue weighted by atomic mass is 10.0. The van der Waals surface area contributed by atoms with Crippen LogP contribution in [0.2, 0.25) is 0 Å². The quantitative estimate of drug-likeness (QED) is 0.809. The standard InChI is InChI=1S/C17H13F4NO3/c18-11-5-3-4-10(8-11)9-14(16(24)25)22-15(23)12-6-1-2-7-13(12)17(19,20)21/h1-8,14H,9H2,(H,22,23)(H,24,25)/t14-/m1/s1. The number of benzene rings is 2. The number of alkyl halides is 3. The third-order valence-corrected chi connectivity index (χ3v) is 3.41. The zero-order chi connectivity index (χ0) is 18.6. The van der Waals surface area contributed by atoms with Crippen molar-refractivity contribution in [3.05, 3.63) is 71.0 Å². The molecule has 0 fully saturated rings. The second-order valence-electron chi connectivity index (χ2n) is 5.24. The highest BCUT2D eigenvalue weighted by Crippen LogP contribution is 2.31. The molecule has 0 bridgehead atoms. The molecule has 0 saturated carbocycles. The number of nitrogens with one attached hydrogen (secondary N) is 1. The summed E-state index contributed by atoms with van der Waals surface area (Å²) in [5.74, 6) is -3.20. The Kier molecular flexibility index (Phi) is 5.41. The average molecular weight is 355 g/mol. The molecule has 4 nitrogen and oxygen atoms in total. The number of hydrogen-bond acceptors (Lipinski definition) is 2. The minimum absolute atomic E-state index is 0.271. The van der Waals surface area contributed by atoms with Crippen molar-refractivity contribution in [1.29, 1.82) is 0 Å². The molecule has 2 N–H and O–H groups in total. The predicted molar refractivity (Wildman–Crippen MR) is 80.4 cm³/mol. The van der Waals surface area contributed by atoms with Gasteiger partial charge in [-0.15, -0.1) is 0 Å². The zero-order valence-electron chi connectivity index (χ0n) is 12.7. The number of carboxylic acids is 1. The highest BCUT2D eigenvalue weighted by molar-refractivity contribution is 5.98. The molecule has 1 atom stereocenters. The molecule has 0 spiro atoms. The molecule has 0 unspecified atom stereocenters. The third kappa shape index (κ3) is 4.79.